The van der Waals surface area contributed by atoms with Gasteiger partial charge in [-0.05, 0) is 47.5 Å². The third kappa shape index (κ3) is 4.20. The summed E-state index contributed by atoms with van der Waals surface area (Å²) in [6, 6.07) is 21.8. The van der Waals surface area contributed by atoms with Crippen molar-refractivity contribution in [3.8, 4) is 11.4 Å². The second-order valence-electron chi connectivity index (χ2n) is 9.17. The van der Waals surface area contributed by atoms with Crippen molar-refractivity contribution in [3.63, 3.8) is 0 Å². The molecule has 0 spiro atoms. The van der Waals surface area contributed by atoms with Crippen LogP contribution < -0.4 is 10.6 Å². The molecule has 4 aromatic rings. The molecule has 3 aromatic carbocycles. The quantitative estimate of drug-likeness (QED) is 0.415. The normalized spacial score (nSPS) is 12.6. The van der Waals surface area contributed by atoms with Gasteiger partial charge in [0.25, 0.3) is 0 Å². The average molecular weight is 436 g/mol. The number of para-hydroxylation sites is 2. The van der Waals surface area contributed by atoms with E-state index in [1.807, 2.05) is 81.6 Å². The van der Waals surface area contributed by atoms with Crippen molar-refractivity contribution in [2.24, 2.45) is 10.4 Å². The minimum absolute atomic E-state index is 0.0612. The van der Waals surface area contributed by atoms with E-state index in [1.54, 1.807) is 0 Å². The minimum Gasteiger partial charge on any atom is -0.340 e. The zero-order valence-corrected chi connectivity index (χ0v) is 18.9. The first-order chi connectivity index (χ1) is 15.9. The molecule has 1 amide bonds. The van der Waals surface area contributed by atoms with Gasteiger partial charge in [-0.2, -0.15) is 0 Å². The summed E-state index contributed by atoms with van der Waals surface area (Å²) < 4.78 is 0. The van der Waals surface area contributed by atoms with E-state index in [4.69, 9.17) is 9.97 Å². The highest BCUT2D eigenvalue weighted by molar-refractivity contribution is 5.99. The maximum Gasteiger partial charge on any atom is 0.229 e. The Morgan fingerprint density at radius 2 is 1.73 bits per heavy atom. The molecule has 2 heterocycles. The number of anilines is 3. The smallest absolute Gasteiger partial charge is 0.229 e. The predicted octanol–water partition coefficient (Wildman–Crippen LogP) is 5.96. The van der Waals surface area contributed by atoms with Crippen molar-refractivity contribution in [1.82, 2.24) is 9.97 Å². The molecule has 0 saturated heterocycles. The number of aromatic nitrogens is 2. The van der Waals surface area contributed by atoms with E-state index >= 15 is 0 Å². The molecule has 1 aliphatic heterocycles. The maximum absolute atomic E-state index is 12.7. The van der Waals surface area contributed by atoms with E-state index in [0.717, 1.165) is 34.3 Å². The summed E-state index contributed by atoms with van der Waals surface area (Å²) in [4.78, 5) is 26.7. The van der Waals surface area contributed by atoms with Gasteiger partial charge in [0.1, 0.15) is 5.82 Å². The number of fused-ring (bicyclic) bond motifs is 2. The molecule has 0 bridgehead atoms. The fourth-order valence-electron chi connectivity index (χ4n) is 3.71. The molecule has 0 atom stereocenters. The van der Waals surface area contributed by atoms with E-state index < -0.39 is 5.41 Å². The first-order valence-corrected chi connectivity index (χ1v) is 11.0. The van der Waals surface area contributed by atoms with Crippen LogP contribution in [0.25, 0.3) is 22.3 Å². The van der Waals surface area contributed by atoms with Crippen LogP contribution in [0.3, 0.4) is 0 Å². The first-order valence-electron chi connectivity index (χ1n) is 11.0. The average Bonchev–Trinajstić information content (AvgIpc) is 3.27. The van der Waals surface area contributed by atoms with Gasteiger partial charge in [0.2, 0.25) is 5.91 Å². The van der Waals surface area contributed by atoms with Crippen molar-refractivity contribution in [2.45, 2.75) is 27.3 Å². The van der Waals surface area contributed by atoms with Gasteiger partial charge in [0.05, 0.1) is 17.7 Å². The molecule has 164 valence electrons. The summed E-state index contributed by atoms with van der Waals surface area (Å²) in [5.74, 6) is 1.19. The first kappa shape index (κ1) is 20.8. The lowest BCUT2D eigenvalue weighted by Crippen LogP contribution is -2.27. The van der Waals surface area contributed by atoms with Crippen LogP contribution in [0, 0.1) is 5.41 Å². The molecule has 0 aliphatic carbocycles. The summed E-state index contributed by atoms with van der Waals surface area (Å²) >= 11 is 0. The Labute approximate surface area is 192 Å². The molecule has 0 saturated carbocycles. The van der Waals surface area contributed by atoms with E-state index in [2.05, 4.69) is 27.8 Å². The van der Waals surface area contributed by atoms with Crippen molar-refractivity contribution in [1.29, 1.82) is 0 Å². The molecule has 6 heteroatoms. The lowest BCUT2D eigenvalue weighted by molar-refractivity contribution is -0.123. The van der Waals surface area contributed by atoms with Crippen LogP contribution in [0.1, 0.15) is 31.9 Å². The van der Waals surface area contributed by atoms with Crippen LogP contribution in [0.5, 0.6) is 0 Å². The summed E-state index contributed by atoms with van der Waals surface area (Å²) in [6.45, 7) is 6.40. The second-order valence-corrected chi connectivity index (χ2v) is 9.17. The summed E-state index contributed by atoms with van der Waals surface area (Å²) in [6.07, 6.45) is 1.90. The minimum atomic E-state index is -0.513. The molecule has 1 aromatic heterocycles. The molecule has 2 N–H and O–H groups in total. The number of hydrogen-bond acceptors (Lipinski definition) is 5. The number of aliphatic imine (C=N–C) groups is 1. The van der Waals surface area contributed by atoms with Crippen molar-refractivity contribution >= 4 is 40.2 Å². The molecule has 6 nitrogen and oxygen atoms in total. The summed E-state index contributed by atoms with van der Waals surface area (Å²) in [5.41, 5.74) is 5.04. The Kier molecular flexibility index (Phi) is 5.13. The number of benzene rings is 3. The lowest BCUT2D eigenvalue weighted by Gasteiger charge is -2.19. The van der Waals surface area contributed by atoms with Gasteiger partial charge in [-0.1, -0.05) is 51.1 Å². The van der Waals surface area contributed by atoms with Crippen LogP contribution in [0.15, 0.2) is 71.7 Å². The molecular formula is C27H25N5O. The van der Waals surface area contributed by atoms with Crippen LogP contribution in [-0.4, -0.2) is 22.1 Å². The largest absolute Gasteiger partial charge is 0.340 e. The number of carbonyl (C=O) groups is 1. The van der Waals surface area contributed by atoms with Gasteiger partial charge >= 0.3 is 0 Å². The van der Waals surface area contributed by atoms with E-state index in [9.17, 15) is 4.79 Å². The van der Waals surface area contributed by atoms with Crippen molar-refractivity contribution < 1.29 is 4.79 Å². The van der Waals surface area contributed by atoms with Gasteiger partial charge in [-0.25, -0.2) is 9.97 Å². The number of nitrogens with one attached hydrogen (secondary N) is 2. The number of amides is 1. The third-order valence-electron chi connectivity index (χ3n) is 5.60. The van der Waals surface area contributed by atoms with Crippen LogP contribution in [0.2, 0.25) is 0 Å². The zero-order valence-electron chi connectivity index (χ0n) is 18.9. The SMILES string of the molecule is CC(C)(C)C(=O)Nc1ccccc1-c1nc(Nc2ccc3c(c2)C=NC3)c2ccccc2n1. The standard InChI is InChI=1S/C27H25N5O/c1-27(2,3)26(33)31-23-11-7-5-9-21(23)25-30-22-10-6-4-8-20(22)24(32-25)29-19-13-12-17-15-28-16-18(17)14-19/h4-14,16H,15H2,1-3H3,(H,31,33)(H,29,30,32). The number of hydrogen-bond donors (Lipinski definition) is 2. The van der Waals surface area contributed by atoms with E-state index in [0.29, 0.717) is 17.3 Å². The monoisotopic (exact) mass is 435 g/mol. The fourth-order valence-corrected chi connectivity index (χ4v) is 3.71. The highest BCUT2D eigenvalue weighted by atomic mass is 16.2. The summed E-state index contributed by atoms with van der Waals surface area (Å²) in [5, 5.41) is 7.43. The van der Waals surface area contributed by atoms with E-state index in [1.165, 1.54) is 5.56 Å². The third-order valence-corrected chi connectivity index (χ3v) is 5.60. The molecule has 0 fully saturated rings. The van der Waals surface area contributed by atoms with Gasteiger partial charge in [0, 0.05) is 28.3 Å². The predicted molar refractivity (Wildman–Crippen MR) is 134 cm³/mol. The maximum atomic E-state index is 12.7. The van der Waals surface area contributed by atoms with Crippen LogP contribution in [0.4, 0.5) is 17.2 Å². The Hall–Kier alpha value is -4.06. The highest BCUT2D eigenvalue weighted by Gasteiger charge is 2.23. The lowest BCUT2D eigenvalue weighted by atomic mass is 9.95. The van der Waals surface area contributed by atoms with Crippen molar-refractivity contribution in [3.05, 3.63) is 77.9 Å². The molecule has 0 unspecified atom stereocenters. The van der Waals surface area contributed by atoms with Crippen LogP contribution >= 0.6 is 0 Å². The molecule has 1 aliphatic rings. The molecule has 33 heavy (non-hydrogen) atoms. The number of nitrogens with zero attached hydrogens (tertiary/aromatic N) is 3. The number of rotatable bonds is 4. The Morgan fingerprint density at radius 1 is 0.939 bits per heavy atom. The highest BCUT2D eigenvalue weighted by Crippen LogP contribution is 2.32. The zero-order chi connectivity index (χ0) is 23.0. The number of carbonyl (C=O) groups excluding carboxylic acids is 1. The second kappa shape index (κ2) is 8.13. The summed E-state index contributed by atoms with van der Waals surface area (Å²) in [7, 11) is 0. The Balaban J connectivity index is 1.59. The van der Waals surface area contributed by atoms with Gasteiger partial charge in [0.15, 0.2) is 5.82 Å². The van der Waals surface area contributed by atoms with Crippen LogP contribution in [-0.2, 0) is 11.3 Å². The Morgan fingerprint density at radius 3 is 2.58 bits per heavy atom. The van der Waals surface area contributed by atoms with E-state index in [-0.39, 0.29) is 5.91 Å². The fraction of sp³-hybridized carbons (Fsp3) is 0.185. The molecule has 5 rings (SSSR count). The topological polar surface area (TPSA) is 79.3 Å². The molecule has 0 radical (unpaired) electrons. The van der Waals surface area contributed by atoms with Gasteiger partial charge in [-0.3, -0.25) is 9.79 Å². The molecular weight excluding hydrogens is 410 g/mol. The van der Waals surface area contributed by atoms with Gasteiger partial charge in [-0.15, -0.1) is 0 Å². The Bertz CT molecular complexity index is 1400. The van der Waals surface area contributed by atoms with Crippen molar-refractivity contribution in [2.75, 3.05) is 10.6 Å². The van der Waals surface area contributed by atoms with Gasteiger partial charge < -0.3 is 10.6 Å².